The van der Waals surface area contributed by atoms with Crippen molar-refractivity contribution in [1.82, 2.24) is 5.32 Å². The molecule has 90 valence electrons. The maximum atomic E-state index is 10.5. The van der Waals surface area contributed by atoms with E-state index < -0.39 is 6.10 Å². The number of fused-ring (bicyclic) bond motifs is 1. The lowest BCUT2D eigenvalue weighted by atomic mass is 9.98. The molecule has 2 unspecified atom stereocenters. The molecular weight excluding hydrogens is 214 g/mol. The molecule has 1 aromatic heterocycles. The molecule has 3 rings (SSSR count). The van der Waals surface area contributed by atoms with E-state index in [4.69, 9.17) is 4.42 Å². The van der Waals surface area contributed by atoms with Crippen LogP contribution in [0.25, 0.3) is 11.0 Å². The molecule has 0 spiro atoms. The van der Waals surface area contributed by atoms with Crippen LogP contribution < -0.4 is 5.32 Å². The lowest BCUT2D eigenvalue weighted by Gasteiger charge is -2.18. The van der Waals surface area contributed by atoms with E-state index in [9.17, 15) is 5.11 Å². The average molecular weight is 231 g/mol. The van der Waals surface area contributed by atoms with Crippen molar-refractivity contribution >= 4 is 11.0 Å². The summed E-state index contributed by atoms with van der Waals surface area (Å²) in [7, 11) is 0. The van der Waals surface area contributed by atoms with Crippen molar-refractivity contribution < 1.29 is 9.52 Å². The lowest BCUT2D eigenvalue weighted by Crippen LogP contribution is -2.28. The highest BCUT2D eigenvalue weighted by molar-refractivity contribution is 5.82. The predicted octanol–water partition coefficient (Wildman–Crippen LogP) is 2.53. The Bertz CT molecular complexity index is 526. The van der Waals surface area contributed by atoms with E-state index in [1.807, 2.05) is 31.2 Å². The van der Waals surface area contributed by atoms with Crippen molar-refractivity contribution in [3.63, 3.8) is 0 Å². The number of benzene rings is 1. The van der Waals surface area contributed by atoms with E-state index in [-0.39, 0.29) is 6.04 Å². The fraction of sp³-hybridized carbons (Fsp3) is 0.429. The third-order valence-electron chi connectivity index (χ3n) is 3.59. The van der Waals surface area contributed by atoms with E-state index in [1.54, 1.807) is 0 Å². The van der Waals surface area contributed by atoms with Crippen molar-refractivity contribution in [3.8, 4) is 0 Å². The number of nitrogens with one attached hydrogen (secondary N) is 1. The van der Waals surface area contributed by atoms with Crippen molar-refractivity contribution in [3.05, 3.63) is 35.6 Å². The minimum atomic E-state index is -0.471. The molecule has 1 aromatic carbocycles. The van der Waals surface area contributed by atoms with Gasteiger partial charge in [-0.1, -0.05) is 18.2 Å². The molecule has 1 aliphatic rings. The van der Waals surface area contributed by atoms with E-state index in [0.717, 1.165) is 41.7 Å². The van der Waals surface area contributed by atoms with Gasteiger partial charge in [-0.3, -0.25) is 0 Å². The summed E-state index contributed by atoms with van der Waals surface area (Å²) in [6.45, 7) is 2.92. The van der Waals surface area contributed by atoms with Gasteiger partial charge in [0.25, 0.3) is 0 Å². The van der Waals surface area contributed by atoms with Gasteiger partial charge in [-0.15, -0.1) is 0 Å². The van der Waals surface area contributed by atoms with Gasteiger partial charge in [0.2, 0.25) is 0 Å². The number of hydrogen-bond donors (Lipinski definition) is 2. The molecule has 1 aliphatic heterocycles. The van der Waals surface area contributed by atoms with Crippen LogP contribution in [0.5, 0.6) is 0 Å². The van der Waals surface area contributed by atoms with Crippen LogP contribution in [0.2, 0.25) is 0 Å². The molecule has 3 heteroatoms. The summed E-state index contributed by atoms with van der Waals surface area (Å²) in [5.41, 5.74) is 1.80. The lowest BCUT2D eigenvalue weighted by molar-refractivity contribution is 0.137. The summed E-state index contributed by atoms with van der Waals surface area (Å²) in [6.07, 6.45) is 1.69. The minimum Gasteiger partial charge on any atom is -0.461 e. The largest absolute Gasteiger partial charge is 0.461 e. The molecule has 17 heavy (non-hydrogen) atoms. The Balaban J connectivity index is 2.06. The summed E-state index contributed by atoms with van der Waals surface area (Å²) in [4.78, 5) is 0. The monoisotopic (exact) mass is 231 g/mol. The average Bonchev–Trinajstić information content (AvgIpc) is 2.94. The van der Waals surface area contributed by atoms with Crippen LogP contribution in [0.4, 0.5) is 0 Å². The van der Waals surface area contributed by atoms with Gasteiger partial charge in [-0.2, -0.15) is 0 Å². The first-order chi connectivity index (χ1) is 8.27. The van der Waals surface area contributed by atoms with E-state index >= 15 is 0 Å². The Labute approximate surface area is 100 Å². The molecule has 0 bridgehead atoms. The Morgan fingerprint density at radius 1 is 1.41 bits per heavy atom. The molecule has 0 aliphatic carbocycles. The Hall–Kier alpha value is -1.32. The second kappa shape index (κ2) is 4.17. The second-order valence-corrected chi connectivity index (χ2v) is 4.72. The molecule has 2 N–H and O–H groups in total. The van der Waals surface area contributed by atoms with Gasteiger partial charge < -0.3 is 14.8 Å². The zero-order chi connectivity index (χ0) is 11.8. The first-order valence-corrected chi connectivity index (χ1v) is 6.17. The number of rotatable bonds is 2. The van der Waals surface area contributed by atoms with Crippen LogP contribution in [0, 0.1) is 6.92 Å². The Morgan fingerprint density at radius 2 is 2.24 bits per heavy atom. The highest BCUT2D eigenvalue weighted by Gasteiger charge is 2.28. The van der Waals surface area contributed by atoms with E-state index in [0.29, 0.717) is 0 Å². The number of furan rings is 1. The zero-order valence-electron chi connectivity index (χ0n) is 9.94. The molecule has 0 amide bonds. The van der Waals surface area contributed by atoms with Crippen LogP contribution >= 0.6 is 0 Å². The Kier molecular flexibility index (Phi) is 2.65. The van der Waals surface area contributed by atoms with Gasteiger partial charge in [0.05, 0.1) is 6.10 Å². The maximum Gasteiger partial charge on any atom is 0.134 e. The fourth-order valence-corrected chi connectivity index (χ4v) is 2.74. The molecular formula is C14H17NO2. The predicted molar refractivity (Wildman–Crippen MR) is 66.9 cm³/mol. The molecule has 1 fully saturated rings. The summed E-state index contributed by atoms with van der Waals surface area (Å²) >= 11 is 0. The molecule has 2 atom stereocenters. The minimum absolute atomic E-state index is 0.162. The summed E-state index contributed by atoms with van der Waals surface area (Å²) in [5, 5.41) is 14.8. The highest BCUT2D eigenvalue weighted by Crippen LogP contribution is 2.33. The quantitative estimate of drug-likeness (QED) is 0.834. The molecule has 0 saturated carbocycles. The molecule has 0 radical (unpaired) electrons. The SMILES string of the molecule is Cc1oc2ccccc2c1C(O)C1CCCN1. The third-order valence-corrected chi connectivity index (χ3v) is 3.59. The Morgan fingerprint density at radius 3 is 3.00 bits per heavy atom. The van der Waals surface area contributed by atoms with Gasteiger partial charge in [-0.05, 0) is 32.4 Å². The van der Waals surface area contributed by atoms with Crippen molar-refractivity contribution in [2.45, 2.75) is 31.9 Å². The maximum absolute atomic E-state index is 10.5. The molecule has 3 nitrogen and oxygen atoms in total. The number of aliphatic hydroxyl groups is 1. The van der Waals surface area contributed by atoms with Crippen molar-refractivity contribution in [1.29, 1.82) is 0 Å². The van der Waals surface area contributed by atoms with Crippen LogP contribution in [0.15, 0.2) is 28.7 Å². The van der Waals surface area contributed by atoms with E-state index in [2.05, 4.69) is 5.32 Å². The van der Waals surface area contributed by atoms with Crippen LogP contribution in [0.3, 0.4) is 0 Å². The van der Waals surface area contributed by atoms with E-state index in [1.165, 1.54) is 0 Å². The normalized spacial score (nSPS) is 22.1. The van der Waals surface area contributed by atoms with Gasteiger partial charge in [-0.25, -0.2) is 0 Å². The van der Waals surface area contributed by atoms with Crippen molar-refractivity contribution in [2.75, 3.05) is 6.54 Å². The first kappa shape index (κ1) is 10.8. The van der Waals surface area contributed by atoms with Gasteiger partial charge >= 0.3 is 0 Å². The fourth-order valence-electron chi connectivity index (χ4n) is 2.74. The summed E-state index contributed by atoms with van der Waals surface area (Å²) in [5.74, 6) is 0.826. The van der Waals surface area contributed by atoms with Crippen molar-refractivity contribution in [2.24, 2.45) is 0 Å². The number of aliphatic hydroxyl groups excluding tert-OH is 1. The van der Waals surface area contributed by atoms with Gasteiger partial charge in [0.15, 0.2) is 0 Å². The standard InChI is InChI=1S/C14H17NO2/c1-9-13(14(16)11-6-4-8-15-11)10-5-2-3-7-12(10)17-9/h2-3,5,7,11,14-16H,4,6,8H2,1H3. The topological polar surface area (TPSA) is 45.4 Å². The second-order valence-electron chi connectivity index (χ2n) is 4.72. The van der Waals surface area contributed by atoms with Gasteiger partial charge in [0, 0.05) is 17.0 Å². The number of aryl methyl sites for hydroxylation is 1. The summed E-state index contributed by atoms with van der Waals surface area (Å²) in [6, 6.07) is 8.06. The first-order valence-electron chi connectivity index (χ1n) is 6.17. The van der Waals surface area contributed by atoms with Gasteiger partial charge in [0.1, 0.15) is 11.3 Å². The van der Waals surface area contributed by atoms with Crippen LogP contribution in [-0.2, 0) is 0 Å². The highest BCUT2D eigenvalue weighted by atomic mass is 16.3. The molecule has 1 saturated heterocycles. The zero-order valence-corrected chi connectivity index (χ0v) is 9.94. The molecule has 2 heterocycles. The smallest absolute Gasteiger partial charge is 0.134 e. The third kappa shape index (κ3) is 1.75. The number of hydrogen-bond acceptors (Lipinski definition) is 3. The van der Waals surface area contributed by atoms with Crippen LogP contribution in [0.1, 0.15) is 30.3 Å². The summed E-state index contributed by atoms with van der Waals surface area (Å²) < 4.78 is 5.69. The van der Waals surface area contributed by atoms with Crippen LogP contribution in [-0.4, -0.2) is 17.7 Å². The molecule has 2 aromatic rings. The number of para-hydroxylation sites is 1.